The van der Waals surface area contributed by atoms with Crippen LogP contribution in [0.4, 0.5) is 4.39 Å². The summed E-state index contributed by atoms with van der Waals surface area (Å²) >= 11 is 0. The number of aliphatic hydroxyl groups is 1. The van der Waals surface area contributed by atoms with Crippen LogP contribution in [0.15, 0.2) is 36.7 Å². The Labute approximate surface area is 207 Å². The third kappa shape index (κ3) is 6.75. The molecule has 0 unspecified atom stereocenters. The van der Waals surface area contributed by atoms with Gasteiger partial charge in [0.05, 0.1) is 12.1 Å². The summed E-state index contributed by atoms with van der Waals surface area (Å²) < 4.78 is 15.3. The summed E-state index contributed by atoms with van der Waals surface area (Å²) in [5.41, 5.74) is 3.43. The van der Waals surface area contributed by atoms with Crippen LogP contribution in [0, 0.1) is 6.92 Å². The van der Waals surface area contributed by atoms with Crippen molar-refractivity contribution in [2.24, 2.45) is 0 Å². The minimum absolute atomic E-state index is 0.230. The van der Waals surface area contributed by atoms with Crippen molar-refractivity contribution in [1.29, 1.82) is 0 Å². The lowest BCUT2D eigenvalue weighted by molar-refractivity contribution is 0.0717. The Morgan fingerprint density at radius 1 is 1.11 bits per heavy atom. The number of nitrogens with zero attached hydrogens (tertiary/aromatic N) is 3. The molecule has 1 aliphatic carbocycles. The van der Waals surface area contributed by atoms with Gasteiger partial charge in [0.1, 0.15) is 5.83 Å². The molecule has 2 atom stereocenters. The summed E-state index contributed by atoms with van der Waals surface area (Å²) in [6.45, 7) is 10.0. The molecule has 35 heavy (non-hydrogen) atoms. The maximum atomic E-state index is 15.3. The number of halogens is 1. The van der Waals surface area contributed by atoms with E-state index in [4.69, 9.17) is 0 Å². The summed E-state index contributed by atoms with van der Waals surface area (Å²) in [7, 11) is 0. The number of pyridine rings is 1. The standard InChI is InChI=1S/C28H37FN4O2/c1-3-32-10-12-33(13-11-32)19-21-14-24(18-30-17-21)25(29)16-23-15-22(9-8-20(23)2)28(35)31-26-6-4-5-7-27(26)34/h8-9,14-18,26-27,34H,3-7,10-13,19H2,1-2H3,(H,31,35)/b25-16-/t26-,27-/m0/s1. The number of rotatable bonds is 7. The molecule has 2 fully saturated rings. The second kappa shape index (κ2) is 11.9. The Hall–Kier alpha value is -2.61. The molecule has 1 aromatic heterocycles. The van der Waals surface area contributed by atoms with E-state index >= 15 is 4.39 Å². The van der Waals surface area contributed by atoms with Crippen molar-refractivity contribution >= 4 is 17.8 Å². The average Bonchev–Trinajstić information content (AvgIpc) is 2.87. The smallest absolute Gasteiger partial charge is 0.251 e. The van der Waals surface area contributed by atoms with Gasteiger partial charge >= 0.3 is 0 Å². The largest absolute Gasteiger partial charge is 0.391 e. The highest BCUT2D eigenvalue weighted by Gasteiger charge is 2.25. The van der Waals surface area contributed by atoms with Crippen molar-refractivity contribution < 1.29 is 14.3 Å². The number of amides is 1. The van der Waals surface area contributed by atoms with Gasteiger partial charge in [-0.3, -0.25) is 14.7 Å². The molecule has 1 aromatic carbocycles. The number of likely N-dealkylation sites (N-methyl/N-ethyl adjacent to an activating group) is 1. The monoisotopic (exact) mass is 480 g/mol. The summed E-state index contributed by atoms with van der Waals surface area (Å²) in [4.78, 5) is 21.9. The fourth-order valence-electron chi connectivity index (χ4n) is 4.91. The third-order valence-corrected chi connectivity index (χ3v) is 7.26. The summed E-state index contributed by atoms with van der Waals surface area (Å²) in [5, 5.41) is 13.1. The molecule has 4 rings (SSSR count). The van der Waals surface area contributed by atoms with Crippen molar-refractivity contribution in [2.75, 3.05) is 32.7 Å². The van der Waals surface area contributed by atoms with Crippen LogP contribution in [0.25, 0.3) is 11.9 Å². The Bertz CT molecular complexity index is 1050. The van der Waals surface area contributed by atoms with Crippen LogP contribution in [-0.4, -0.2) is 70.7 Å². The molecule has 2 aromatic rings. The zero-order chi connectivity index (χ0) is 24.8. The van der Waals surface area contributed by atoms with Crippen LogP contribution in [0.5, 0.6) is 0 Å². The third-order valence-electron chi connectivity index (χ3n) is 7.26. The molecule has 0 radical (unpaired) electrons. The predicted octanol–water partition coefficient (Wildman–Crippen LogP) is 4.03. The molecule has 6 nitrogen and oxygen atoms in total. The van der Waals surface area contributed by atoms with Gasteiger partial charge in [-0.15, -0.1) is 0 Å². The van der Waals surface area contributed by atoms with Gasteiger partial charge in [-0.05, 0) is 67.3 Å². The highest BCUT2D eigenvalue weighted by molar-refractivity contribution is 5.95. The molecular weight excluding hydrogens is 443 g/mol. The van der Waals surface area contributed by atoms with Crippen LogP contribution in [0.1, 0.15) is 65.2 Å². The minimum Gasteiger partial charge on any atom is -0.391 e. The van der Waals surface area contributed by atoms with Crippen LogP contribution >= 0.6 is 0 Å². The first-order valence-corrected chi connectivity index (χ1v) is 12.8. The first kappa shape index (κ1) is 25.5. The van der Waals surface area contributed by atoms with Crippen LogP contribution in [0.2, 0.25) is 0 Å². The number of hydrogen-bond acceptors (Lipinski definition) is 5. The van der Waals surface area contributed by atoms with E-state index in [9.17, 15) is 9.90 Å². The van der Waals surface area contributed by atoms with Gasteiger partial charge in [0.25, 0.3) is 5.91 Å². The quantitative estimate of drug-likeness (QED) is 0.626. The summed E-state index contributed by atoms with van der Waals surface area (Å²) in [6.07, 6.45) is 7.78. The number of piperazine rings is 1. The number of benzene rings is 1. The Morgan fingerprint density at radius 3 is 2.60 bits per heavy atom. The SMILES string of the molecule is CCN1CCN(Cc2cncc(/C(F)=C/c3cc(C(=O)N[C@H]4CCCC[C@@H]4O)ccc3C)c2)CC1. The van der Waals surface area contributed by atoms with Crippen molar-refractivity contribution in [3.05, 3.63) is 64.5 Å². The Morgan fingerprint density at radius 2 is 1.86 bits per heavy atom. The van der Waals surface area contributed by atoms with Crippen molar-refractivity contribution in [1.82, 2.24) is 20.1 Å². The second-order valence-electron chi connectivity index (χ2n) is 9.79. The van der Waals surface area contributed by atoms with Gasteiger partial charge in [0.2, 0.25) is 0 Å². The van der Waals surface area contributed by atoms with E-state index in [1.165, 1.54) is 6.08 Å². The molecule has 0 bridgehead atoms. The molecular formula is C28H37FN4O2. The van der Waals surface area contributed by atoms with Gasteiger partial charge in [-0.25, -0.2) is 4.39 Å². The van der Waals surface area contributed by atoms with Gasteiger partial charge in [-0.2, -0.15) is 0 Å². The predicted molar refractivity (Wildman–Crippen MR) is 138 cm³/mol. The molecule has 188 valence electrons. The molecule has 1 amide bonds. The maximum Gasteiger partial charge on any atom is 0.251 e. The molecule has 2 heterocycles. The van der Waals surface area contributed by atoms with Crippen LogP contribution in [-0.2, 0) is 6.54 Å². The number of hydrogen-bond donors (Lipinski definition) is 2. The lowest BCUT2D eigenvalue weighted by atomic mass is 9.92. The number of aliphatic hydroxyl groups excluding tert-OH is 1. The Balaban J connectivity index is 1.45. The normalized spacial score (nSPS) is 22.2. The zero-order valence-electron chi connectivity index (χ0n) is 20.8. The van der Waals surface area contributed by atoms with Crippen molar-refractivity contribution in [2.45, 2.75) is 58.2 Å². The molecule has 0 spiro atoms. The number of carbonyl (C=O) groups is 1. The van der Waals surface area contributed by atoms with Crippen LogP contribution < -0.4 is 5.32 Å². The van der Waals surface area contributed by atoms with Crippen molar-refractivity contribution in [3.8, 4) is 0 Å². The maximum absolute atomic E-state index is 15.3. The average molecular weight is 481 g/mol. The fraction of sp³-hybridized carbons (Fsp3) is 0.500. The number of nitrogens with one attached hydrogen (secondary N) is 1. The summed E-state index contributed by atoms with van der Waals surface area (Å²) in [6, 6.07) is 6.92. The molecule has 2 aliphatic rings. The van der Waals surface area contributed by atoms with Gasteiger partial charge in [-0.1, -0.05) is 25.8 Å². The Kier molecular flexibility index (Phi) is 8.65. The lowest BCUT2D eigenvalue weighted by Gasteiger charge is -2.33. The molecule has 1 aliphatic heterocycles. The zero-order valence-corrected chi connectivity index (χ0v) is 20.8. The van der Waals surface area contributed by atoms with Gasteiger partial charge in [0.15, 0.2) is 0 Å². The topological polar surface area (TPSA) is 68.7 Å². The number of carbonyl (C=O) groups excluding carboxylic acids is 1. The molecule has 7 heteroatoms. The summed E-state index contributed by atoms with van der Waals surface area (Å²) in [5.74, 6) is -0.614. The second-order valence-corrected chi connectivity index (χ2v) is 9.79. The van der Waals surface area contributed by atoms with E-state index in [-0.39, 0.29) is 17.8 Å². The van der Waals surface area contributed by atoms with E-state index in [0.717, 1.165) is 69.7 Å². The van der Waals surface area contributed by atoms with E-state index < -0.39 is 6.10 Å². The molecule has 2 N–H and O–H groups in total. The highest BCUT2D eigenvalue weighted by Crippen LogP contribution is 2.24. The molecule has 1 saturated carbocycles. The number of aryl methyl sites for hydroxylation is 1. The highest BCUT2D eigenvalue weighted by atomic mass is 19.1. The van der Waals surface area contributed by atoms with E-state index in [0.29, 0.717) is 23.1 Å². The minimum atomic E-state index is -0.509. The van der Waals surface area contributed by atoms with E-state index in [2.05, 4.69) is 27.0 Å². The van der Waals surface area contributed by atoms with E-state index in [1.54, 1.807) is 24.5 Å². The number of aromatic nitrogens is 1. The first-order valence-electron chi connectivity index (χ1n) is 12.8. The van der Waals surface area contributed by atoms with Gasteiger partial charge in [0, 0.05) is 56.2 Å². The fourth-order valence-corrected chi connectivity index (χ4v) is 4.91. The van der Waals surface area contributed by atoms with Crippen LogP contribution in [0.3, 0.4) is 0 Å². The molecule has 1 saturated heterocycles. The van der Waals surface area contributed by atoms with Gasteiger partial charge < -0.3 is 15.3 Å². The lowest BCUT2D eigenvalue weighted by Crippen LogP contribution is -2.45. The van der Waals surface area contributed by atoms with Crippen molar-refractivity contribution in [3.63, 3.8) is 0 Å². The van der Waals surface area contributed by atoms with E-state index in [1.807, 2.05) is 19.1 Å². The first-order chi connectivity index (χ1) is 16.9.